The zero-order valence-corrected chi connectivity index (χ0v) is 27.4. The summed E-state index contributed by atoms with van der Waals surface area (Å²) in [5.74, 6) is 0. The van der Waals surface area contributed by atoms with Gasteiger partial charge < -0.3 is 9.13 Å². The third-order valence-corrected chi connectivity index (χ3v) is 10.1. The molecule has 0 aliphatic rings. The van der Waals surface area contributed by atoms with Crippen molar-refractivity contribution in [3.63, 3.8) is 0 Å². The van der Waals surface area contributed by atoms with Gasteiger partial charge in [-0.25, -0.2) is 0 Å². The lowest BCUT2D eigenvalue weighted by atomic mass is 9.99. The summed E-state index contributed by atoms with van der Waals surface area (Å²) in [6.07, 6.45) is 0. The highest BCUT2D eigenvalue weighted by Crippen LogP contribution is 2.41. The number of aromatic nitrogens is 2. The molecule has 0 N–H and O–H groups in total. The van der Waals surface area contributed by atoms with E-state index in [0.29, 0.717) is 0 Å². The fraction of sp³-hybridized carbons (Fsp3) is 0. The third kappa shape index (κ3) is 4.50. The molecule has 2 nitrogen and oxygen atoms in total. The molecule has 0 spiro atoms. The van der Waals surface area contributed by atoms with E-state index in [0.717, 1.165) is 5.69 Å². The molecule has 0 saturated heterocycles. The number of hydrogen-bond donors (Lipinski definition) is 0. The molecule has 8 aromatic carbocycles. The van der Waals surface area contributed by atoms with Crippen LogP contribution in [-0.4, -0.2) is 9.13 Å². The first-order valence-electron chi connectivity index (χ1n) is 17.2. The highest BCUT2D eigenvalue weighted by molar-refractivity contribution is 6.19. The summed E-state index contributed by atoms with van der Waals surface area (Å²) in [6, 6.07) is 70.4. The van der Waals surface area contributed by atoms with Crippen molar-refractivity contribution < 1.29 is 0 Å². The van der Waals surface area contributed by atoms with E-state index in [1.807, 2.05) is 0 Å². The maximum atomic E-state index is 2.47. The van der Waals surface area contributed by atoms with Gasteiger partial charge >= 0.3 is 0 Å². The Balaban J connectivity index is 1.23. The van der Waals surface area contributed by atoms with Crippen molar-refractivity contribution >= 4 is 43.6 Å². The van der Waals surface area contributed by atoms with Crippen LogP contribution in [0, 0.1) is 0 Å². The van der Waals surface area contributed by atoms with Crippen molar-refractivity contribution in [2.45, 2.75) is 0 Å². The number of fused-ring (bicyclic) bond motifs is 6. The second-order valence-electron chi connectivity index (χ2n) is 13.0. The Hall–Kier alpha value is -6.64. The summed E-state index contributed by atoms with van der Waals surface area (Å²) in [5, 5.41) is 5.01. The first kappa shape index (κ1) is 28.4. The lowest BCUT2D eigenvalue weighted by Gasteiger charge is -2.15. The minimum atomic E-state index is 1.15. The molecule has 0 unspecified atom stereocenters. The van der Waals surface area contributed by atoms with Crippen molar-refractivity contribution in [1.29, 1.82) is 0 Å². The molecule has 0 radical (unpaired) electrons. The molecule has 10 rings (SSSR count). The van der Waals surface area contributed by atoms with Crippen LogP contribution in [-0.2, 0) is 0 Å². The zero-order chi connectivity index (χ0) is 33.0. The molecule has 0 fully saturated rings. The van der Waals surface area contributed by atoms with Crippen LogP contribution in [0.5, 0.6) is 0 Å². The summed E-state index contributed by atoms with van der Waals surface area (Å²) in [7, 11) is 0. The predicted molar refractivity (Wildman–Crippen MR) is 211 cm³/mol. The zero-order valence-electron chi connectivity index (χ0n) is 27.4. The molecule has 10 aromatic rings. The molecule has 0 bridgehead atoms. The maximum Gasteiger partial charge on any atom is 0.0562 e. The SMILES string of the molecule is c1ccc(-c2ccc(-c3ccccc3-n3c4ccccc4c4cc5c6ccccc6n(-c6cccc(-c7ccccc7)c6)c5cc43)cc2)cc1. The van der Waals surface area contributed by atoms with Crippen molar-refractivity contribution in [2.75, 3.05) is 0 Å². The van der Waals surface area contributed by atoms with E-state index < -0.39 is 0 Å². The molecule has 0 atom stereocenters. The Bertz CT molecular complexity index is 2840. The van der Waals surface area contributed by atoms with Crippen LogP contribution in [0.3, 0.4) is 0 Å². The average Bonchev–Trinajstić information content (AvgIpc) is 3.70. The lowest BCUT2D eigenvalue weighted by Crippen LogP contribution is -1.98. The molecule has 0 aliphatic heterocycles. The van der Waals surface area contributed by atoms with E-state index in [1.165, 1.54) is 82.7 Å². The van der Waals surface area contributed by atoms with E-state index in [1.54, 1.807) is 0 Å². The number of benzene rings is 8. The van der Waals surface area contributed by atoms with Crippen LogP contribution in [0.1, 0.15) is 0 Å². The second-order valence-corrected chi connectivity index (χ2v) is 13.0. The molecule has 2 heteroatoms. The summed E-state index contributed by atoms with van der Waals surface area (Å²) in [5.41, 5.74) is 14.4. The van der Waals surface area contributed by atoms with E-state index in [-0.39, 0.29) is 0 Å². The van der Waals surface area contributed by atoms with Gasteiger partial charge in [-0.1, -0.05) is 152 Å². The molecule has 0 amide bonds. The van der Waals surface area contributed by atoms with Gasteiger partial charge in [0.15, 0.2) is 0 Å². The minimum absolute atomic E-state index is 1.15. The Morgan fingerprint density at radius 1 is 0.260 bits per heavy atom. The molecular formula is C48H32N2. The molecule has 0 saturated carbocycles. The van der Waals surface area contributed by atoms with Gasteiger partial charge in [0, 0.05) is 32.8 Å². The first-order chi connectivity index (χ1) is 24.8. The van der Waals surface area contributed by atoms with Crippen molar-refractivity contribution in [3.8, 4) is 44.8 Å². The van der Waals surface area contributed by atoms with Gasteiger partial charge in [0.2, 0.25) is 0 Å². The largest absolute Gasteiger partial charge is 0.309 e. The van der Waals surface area contributed by atoms with Gasteiger partial charge in [0.25, 0.3) is 0 Å². The Morgan fingerprint density at radius 3 is 1.46 bits per heavy atom. The second kappa shape index (κ2) is 11.5. The first-order valence-corrected chi connectivity index (χ1v) is 17.2. The van der Waals surface area contributed by atoms with Crippen LogP contribution >= 0.6 is 0 Å². The Labute approximate surface area is 290 Å². The smallest absolute Gasteiger partial charge is 0.0562 e. The van der Waals surface area contributed by atoms with E-state index >= 15 is 0 Å². The topological polar surface area (TPSA) is 9.86 Å². The van der Waals surface area contributed by atoms with Gasteiger partial charge in [-0.05, 0) is 70.3 Å². The van der Waals surface area contributed by atoms with E-state index in [9.17, 15) is 0 Å². The van der Waals surface area contributed by atoms with Crippen LogP contribution in [0.25, 0.3) is 88.4 Å². The van der Waals surface area contributed by atoms with E-state index in [4.69, 9.17) is 0 Å². The molecular weight excluding hydrogens is 605 g/mol. The third-order valence-electron chi connectivity index (χ3n) is 10.1. The normalized spacial score (nSPS) is 11.6. The highest BCUT2D eigenvalue weighted by atomic mass is 15.0. The van der Waals surface area contributed by atoms with Gasteiger partial charge in [0.05, 0.1) is 27.8 Å². The Kier molecular flexibility index (Phi) is 6.53. The van der Waals surface area contributed by atoms with Crippen molar-refractivity contribution in [1.82, 2.24) is 9.13 Å². The number of hydrogen-bond acceptors (Lipinski definition) is 0. The van der Waals surface area contributed by atoms with Crippen LogP contribution < -0.4 is 0 Å². The van der Waals surface area contributed by atoms with Gasteiger partial charge in [-0.15, -0.1) is 0 Å². The van der Waals surface area contributed by atoms with Crippen LogP contribution in [0.4, 0.5) is 0 Å². The summed E-state index contributed by atoms with van der Waals surface area (Å²) in [6.45, 7) is 0. The molecule has 50 heavy (non-hydrogen) atoms. The van der Waals surface area contributed by atoms with Crippen molar-refractivity contribution in [3.05, 3.63) is 194 Å². The monoisotopic (exact) mass is 636 g/mol. The van der Waals surface area contributed by atoms with E-state index in [2.05, 4.69) is 203 Å². The van der Waals surface area contributed by atoms with Gasteiger partial charge in [-0.3, -0.25) is 0 Å². The molecule has 2 heterocycles. The van der Waals surface area contributed by atoms with Crippen molar-refractivity contribution in [2.24, 2.45) is 0 Å². The fourth-order valence-corrected chi connectivity index (χ4v) is 7.81. The number of rotatable bonds is 5. The van der Waals surface area contributed by atoms with Gasteiger partial charge in [0.1, 0.15) is 0 Å². The molecule has 2 aromatic heterocycles. The lowest BCUT2D eigenvalue weighted by molar-refractivity contribution is 1.17. The van der Waals surface area contributed by atoms with Crippen LogP contribution in [0.15, 0.2) is 194 Å². The summed E-state index contributed by atoms with van der Waals surface area (Å²) >= 11 is 0. The quantitative estimate of drug-likeness (QED) is 0.178. The maximum absolute atomic E-state index is 2.47. The standard InChI is InChI=1S/C48H32N2/c1-3-14-33(15-4-1)35-26-28-36(29-27-35)39-20-7-10-23-44(39)50-46-25-12-9-22-41(46)43-31-42-40-21-8-11-24-45(40)49(47(42)32-48(43)50)38-19-13-18-37(30-38)34-16-5-2-6-17-34/h1-32H. The summed E-state index contributed by atoms with van der Waals surface area (Å²) in [4.78, 5) is 0. The predicted octanol–water partition coefficient (Wildman–Crippen LogP) is 12.9. The fourth-order valence-electron chi connectivity index (χ4n) is 7.81. The minimum Gasteiger partial charge on any atom is -0.309 e. The molecule has 234 valence electrons. The number of para-hydroxylation sites is 3. The average molecular weight is 637 g/mol. The number of nitrogens with zero attached hydrogens (tertiary/aromatic N) is 2. The van der Waals surface area contributed by atoms with Crippen LogP contribution in [0.2, 0.25) is 0 Å². The van der Waals surface area contributed by atoms with Gasteiger partial charge in [-0.2, -0.15) is 0 Å². The Morgan fingerprint density at radius 2 is 0.760 bits per heavy atom. The molecule has 0 aliphatic carbocycles. The highest BCUT2D eigenvalue weighted by Gasteiger charge is 2.20. The summed E-state index contributed by atoms with van der Waals surface area (Å²) < 4.78 is 4.90.